The van der Waals surface area contributed by atoms with Gasteiger partial charge in [-0.25, -0.2) is 9.37 Å². The third-order valence-corrected chi connectivity index (χ3v) is 3.64. The fraction of sp³-hybridized carbons (Fsp3) is 0.211. The first-order chi connectivity index (χ1) is 11.0. The second-order valence-corrected chi connectivity index (χ2v) is 5.79. The van der Waals surface area contributed by atoms with Crippen molar-refractivity contribution < 1.29 is 9.13 Å². The van der Waals surface area contributed by atoms with Crippen LogP contribution >= 0.6 is 0 Å². The summed E-state index contributed by atoms with van der Waals surface area (Å²) in [7, 11) is 0. The van der Waals surface area contributed by atoms with Crippen molar-refractivity contribution in [2.24, 2.45) is 0 Å². The summed E-state index contributed by atoms with van der Waals surface area (Å²) in [5, 5.41) is 0.986. The minimum atomic E-state index is -0.296. The van der Waals surface area contributed by atoms with Crippen LogP contribution in [0.25, 0.3) is 10.9 Å². The van der Waals surface area contributed by atoms with E-state index < -0.39 is 0 Å². The second kappa shape index (κ2) is 6.24. The molecule has 3 aromatic rings. The number of hydrogen-bond donors (Lipinski definition) is 1. The predicted molar refractivity (Wildman–Crippen MR) is 91.1 cm³/mol. The van der Waals surface area contributed by atoms with Crippen molar-refractivity contribution in [1.82, 2.24) is 4.98 Å². The number of pyridine rings is 1. The summed E-state index contributed by atoms with van der Waals surface area (Å²) in [6.45, 7) is 3.83. The van der Waals surface area contributed by atoms with E-state index in [9.17, 15) is 4.39 Å². The lowest BCUT2D eigenvalue weighted by atomic mass is 10.0. The quantitative estimate of drug-likeness (QED) is 0.780. The van der Waals surface area contributed by atoms with Gasteiger partial charge in [-0.3, -0.25) is 0 Å². The average molecular weight is 310 g/mol. The summed E-state index contributed by atoms with van der Waals surface area (Å²) >= 11 is 0. The lowest BCUT2D eigenvalue weighted by molar-refractivity contribution is 0.239. The highest BCUT2D eigenvalue weighted by molar-refractivity contribution is 5.81. The first-order valence-electron chi connectivity index (χ1n) is 7.63. The highest BCUT2D eigenvalue weighted by Crippen LogP contribution is 2.28. The maximum atomic E-state index is 14.3. The van der Waals surface area contributed by atoms with E-state index in [-0.39, 0.29) is 11.9 Å². The Labute approximate surface area is 134 Å². The lowest BCUT2D eigenvalue weighted by Gasteiger charge is -2.15. The zero-order valence-corrected chi connectivity index (χ0v) is 13.2. The van der Waals surface area contributed by atoms with Crippen LogP contribution < -0.4 is 10.5 Å². The molecule has 4 heteroatoms. The fourth-order valence-corrected chi connectivity index (χ4v) is 2.58. The zero-order chi connectivity index (χ0) is 16.4. The maximum Gasteiger partial charge on any atom is 0.130 e. The van der Waals surface area contributed by atoms with Crippen LogP contribution in [0.4, 0.5) is 10.2 Å². The molecule has 118 valence electrons. The highest BCUT2D eigenvalue weighted by Gasteiger charge is 2.14. The number of hydrogen-bond acceptors (Lipinski definition) is 3. The maximum absolute atomic E-state index is 14.3. The first-order valence-corrected chi connectivity index (χ1v) is 7.63. The molecule has 0 aliphatic heterocycles. The summed E-state index contributed by atoms with van der Waals surface area (Å²) in [5.41, 5.74) is 8.19. The van der Waals surface area contributed by atoms with Crippen molar-refractivity contribution in [3.63, 3.8) is 0 Å². The van der Waals surface area contributed by atoms with Gasteiger partial charge >= 0.3 is 0 Å². The van der Waals surface area contributed by atoms with Crippen molar-refractivity contribution in [3.05, 3.63) is 65.5 Å². The number of anilines is 1. The Bertz CT molecular complexity index is 846. The van der Waals surface area contributed by atoms with E-state index in [1.54, 1.807) is 12.1 Å². The van der Waals surface area contributed by atoms with Gasteiger partial charge in [0.15, 0.2) is 0 Å². The van der Waals surface area contributed by atoms with Crippen LogP contribution in [0.1, 0.15) is 25.0 Å². The largest absolute Gasteiger partial charge is 0.491 e. The van der Waals surface area contributed by atoms with E-state index in [1.807, 2.05) is 44.2 Å². The third kappa shape index (κ3) is 3.26. The molecule has 0 radical (unpaired) electrons. The number of ether oxygens (including phenoxy) is 1. The zero-order valence-electron chi connectivity index (χ0n) is 13.2. The van der Waals surface area contributed by atoms with Crippen molar-refractivity contribution in [2.75, 3.05) is 5.73 Å². The molecule has 1 aromatic heterocycles. The molecular formula is C19H19FN2O. The number of aromatic nitrogens is 1. The summed E-state index contributed by atoms with van der Waals surface area (Å²) in [4.78, 5) is 4.41. The third-order valence-electron chi connectivity index (χ3n) is 3.64. The van der Waals surface area contributed by atoms with Crippen LogP contribution in [0, 0.1) is 5.82 Å². The molecule has 23 heavy (non-hydrogen) atoms. The van der Waals surface area contributed by atoms with Gasteiger partial charge in [0.1, 0.15) is 17.4 Å². The molecule has 0 fully saturated rings. The molecule has 0 bridgehead atoms. The van der Waals surface area contributed by atoms with Gasteiger partial charge < -0.3 is 10.5 Å². The Hall–Kier alpha value is -2.62. The molecule has 1 heterocycles. The highest BCUT2D eigenvalue weighted by atomic mass is 19.1. The molecule has 3 nitrogen and oxygen atoms in total. The SMILES string of the molecule is CC(C)Oc1cccc(F)c1Cc1cc2ccccc2nc1N. The summed E-state index contributed by atoms with van der Waals surface area (Å²) in [6.07, 6.45) is 0.320. The van der Waals surface area contributed by atoms with Gasteiger partial charge in [0, 0.05) is 17.4 Å². The Morgan fingerprint density at radius 2 is 1.91 bits per heavy atom. The van der Waals surface area contributed by atoms with E-state index in [2.05, 4.69) is 4.98 Å². The van der Waals surface area contributed by atoms with Crippen molar-refractivity contribution >= 4 is 16.7 Å². The number of nitrogens with zero attached hydrogens (tertiary/aromatic N) is 1. The van der Waals surface area contributed by atoms with Gasteiger partial charge in [0.2, 0.25) is 0 Å². The van der Waals surface area contributed by atoms with Gasteiger partial charge in [0.25, 0.3) is 0 Å². The molecule has 0 unspecified atom stereocenters. The van der Waals surface area contributed by atoms with E-state index >= 15 is 0 Å². The number of rotatable bonds is 4. The van der Waals surface area contributed by atoms with Crippen molar-refractivity contribution in [1.29, 1.82) is 0 Å². The molecule has 3 rings (SSSR count). The van der Waals surface area contributed by atoms with Crippen LogP contribution in [0.15, 0.2) is 48.5 Å². The Balaban J connectivity index is 2.03. The Morgan fingerprint density at radius 1 is 1.13 bits per heavy atom. The van der Waals surface area contributed by atoms with E-state index in [1.165, 1.54) is 6.07 Å². The van der Waals surface area contributed by atoms with Gasteiger partial charge in [-0.15, -0.1) is 0 Å². The molecular weight excluding hydrogens is 291 g/mol. The molecule has 0 saturated carbocycles. The minimum Gasteiger partial charge on any atom is -0.491 e. The molecule has 0 spiro atoms. The number of nitrogen functional groups attached to an aromatic ring is 1. The standard InChI is InChI=1S/C19H19FN2O/c1-12(2)23-18-9-5-7-16(20)15(18)11-14-10-13-6-3-4-8-17(13)22-19(14)21/h3-10,12H,11H2,1-2H3,(H2,21,22). The first kappa shape index (κ1) is 15.3. The van der Waals surface area contributed by atoms with Crippen molar-refractivity contribution in [2.45, 2.75) is 26.4 Å². The van der Waals surface area contributed by atoms with Gasteiger partial charge in [0.05, 0.1) is 11.6 Å². The molecule has 2 aromatic carbocycles. The summed E-state index contributed by atoms with van der Waals surface area (Å²) in [5.74, 6) is 0.672. The molecule has 0 aliphatic carbocycles. The Kier molecular flexibility index (Phi) is 4.15. The van der Waals surface area contributed by atoms with Crippen LogP contribution in [0.5, 0.6) is 5.75 Å². The topological polar surface area (TPSA) is 48.1 Å². The van der Waals surface area contributed by atoms with E-state index in [0.717, 1.165) is 16.5 Å². The molecule has 0 saturated heterocycles. The number of nitrogens with two attached hydrogens (primary N) is 1. The fourth-order valence-electron chi connectivity index (χ4n) is 2.58. The average Bonchev–Trinajstić information content (AvgIpc) is 2.50. The number of para-hydroxylation sites is 1. The van der Waals surface area contributed by atoms with Crippen molar-refractivity contribution in [3.8, 4) is 5.75 Å². The van der Waals surface area contributed by atoms with Crippen LogP contribution in [0.2, 0.25) is 0 Å². The smallest absolute Gasteiger partial charge is 0.130 e. The number of benzene rings is 2. The molecule has 0 atom stereocenters. The lowest BCUT2D eigenvalue weighted by Crippen LogP contribution is -2.09. The number of fused-ring (bicyclic) bond motifs is 1. The Morgan fingerprint density at radius 3 is 2.70 bits per heavy atom. The normalized spacial score (nSPS) is 11.1. The number of halogens is 1. The van der Waals surface area contributed by atoms with Crippen LogP contribution in [-0.2, 0) is 6.42 Å². The van der Waals surface area contributed by atoms with E-state index in [0.29, 0.717) is 23.6 Å². The van der Waals surface area contributed by atoms with Gasteiger partial charge in [-0.1, -0.05) is 24.3 Å². The van der Waals surface area contributed by atoms with Gasteiger partial charge in [-0.2, -0.15) is 0 Å². The molecule has 0 aliphatic rings. The minimum absolute atomic E-state index is 0.0253. The predicted octanol–water partition coefficient (Wildman–Crippen LogP) is 4.33. The summed E-state index contributed by atoms with van der Waals surface area (Å²) < 4.78 is 20.0. The van der Waals surface area contributed by atoms with Crippen LogP contribution in [0.3, 0.4) is 0 Å². The summed E-state index contributed by atoms with van der Waals surface area (Å²) in [6, 6.07) is 14.6. The second-order valence-electron chi connectivity index (χ2n) is 5.79. The monoisotopic (exact) mass is 310 g/mol. The molecule has 0 amide bonds. The van der Waals surface area contributed by atoms with Gasteiger partial charge in [-0.05, 0) is 43.7 Å². The molecule has 2 N–H and O–H groups in total. The van der Waals surface area contributed by atoms with Crippen LogP contribution in [-0.4, -0.2) is 11.1 Å². The van der Waals surface area contributed by atoms with E-state index in [4.69, 9.17) is 10.5 Å².